The maximum Gasteiger partial charge on any atom is 0.115 e. The summed E-state index contributed by atoms with van der Waals surface area (Å²) in [7, 11) is 3.31. The van der Waals surface area contributed by atoms with E-state index in [-0.39, 0.29) is 29.9 Å². The minimum atomic E-state index is -0.0956. The fraction of sp³-hybridized carbons (Fsp3) is 0.818. The summed E-state index contributed by atoms with van der Waals surface area (Å²) >= 11 is 0. The van der Waals surface area contributed by atoms with Crippen LogP contribution < -0.4 is 0 Å². The van der Waals surface area contributed by atoms with Crippen LogP contribution in [-0.4, -0.2) is 57.3 Å². The third-order valence-corrected chi connectivity index (χ3v) is 2.66. The first kappa shape index (κ1) is 15.5. The predicted molar refractivity (Wildman–Crippen MR) is 60.6 cm³/mol. The molecule has 0 spiro atoms. The van der Waals surface area contributed by atoms with Gasteiger partial charge >= 0.3 is 0 Å². The van der Waals surface area contributed by atoms with Crippen LogP contribution in [0.15, 0.2) is 12.7 Å². The summed E-state index contributed by atoms with van der Waals surface area (Å²) in [6.45, 7) is 6.64. The second-order valence-corrected chi connectivity index (χ2v) is 3.60. The highest BCUT2D eigenvalue weighted by Crippen LogP contribution is 2.22. The van der Waals surface area contributed by atoms with Crippen LogP contribution in [0, 0.1) is 0 Å². The minimum Gasteiger partial charge on any atom is -0.412 e. The Bertz CT molecular complexity index is 197. The summed E-state index contributed by atoms with van der Waals surface area (Å²) in [6, 6.07) is 0. The number of hydrogen-bond acceptors (Lipinski definition) is 4. The summed E-state index contributed by atoms with van der Waals surface area (Å²) in [5, 5.41) is 0. The Hall–Kier alpha value is -0.460. The van der Waals surface area contributed by atoms with Gasteiger partial charge in [0.05, 0.1) is 19.3 Å². The fourth-order valence-electron chi connectivity index (χ4n) is 1.82. The van der Waals surface area contributed by atoms with Gasteiger partial charge in [0.1, 0.15) is 18.3 Å². The molecule has 0 radical (unpaired) electrons. The average Bonchev–Trinajstić information content (AvgIpc) is 2.26. The van der Waals surface area contributed by atoms with E-state index in [1.807, 2.05) is 6.92 Å². The molecule has 96 valence electrons. The van der Waals surface area contributed by atoms with Crippen LogP contribution in [0.25, 0.3) is 0 Å². The van der Waals surface area contributed by atoms with Gasteiger partial charge in [0.25, 0.3) is 0 Å². The van der Waals surface area contributed by atoms with Crippen LogP contribution in [0.5, 0.6) is 0 Å². The SMILES string of the molecule is C=CCO[C@@H]1[C@@H](OC)[C@H](C)OC[C@@H]1OC.O. The molecule has 0 amide bonds. The second kappa shape index (κ2) is 7.76. The molecular weight excluding hydrogens is 212 g/mol. The molecule has 0 aliphatic carbocycles. The van der Waals surface area contributed by atoms with Gasteiger partial charge in [0.2, 0.25) is 0 Å². The van der Waals surface area contributed by atoms with Crippen LogP contribution >= 0.6 is 0 Å². The lowest BCUT2D eigenvalue weighted by Crippen LogP contribution is -2.54. The summed E-state index contributed by atoms with van der Waals surface area (Å²) in [4.78, 5) is 0. The molecule has 1 saturated heterocycles. The highest BCUT2D eigenvalue weighted by molar-refractivity contribution is 4.88. The summed E-state index contributed by atoms with van der Waals surface area (Å²) in [5.41, 5.74) is 0. The zero-order valence-electron chi connectivity index (χ0n) is 10.1. The van der Waals surface area contributed by atoms with E-state index in [1.165, 1.54) is 0 Å². The van der Waals surface area contributed by atoms with Crippen molar-refractivity contribution in [3.63, 3.8) is 0 Å². The van der Waals surface area contributed by atoms with E-state index in [1.54, 1.807) is 20.3 Å². The highest BCUT2D eigenvalue weighted by atomic mass is 16.6. The van der Waals surface area contributed by atoms with E-state index >= 15 is 0 Å². The molecule has 4 atom stereocenters. The first-order valence-corrected chi connectivity index (χ1v) is 5.14. The predicted octanol–water partition coefficient (Wildman–Crippen LogP) is 0.182. The summed E-state index contributed by atoms with van der Waals surface area (Å²) in [5.74, 6) is 0. The first-order chi connectivity index (χ1) is 7.24. The van der Waals surface area contributed by atoms with Crippen molar-refractivity contribution >= 4 is 0 Å². The Morgan fingerprint density at radius 3 is 2.50 bits per heavy atom. The summed E-state index contributed by atoms with van der Waals surface area (Å²) < 4.78 is 21.9. The van der Waals surface area contributed by atoms with Crippen LogP contribution in [0.3, 0.4) is 0 Å². The molecule has 2 N–H and O–H groups in total. The molecule has 1 heterocycles. The molecule has 5 heteroatoms. The van der Waals surface area contributed by atoms with Crippen molar-refractivity contribution in [2.75, 3.05) is 27.4 Å². The minimum absolute atomic E-state index is 0. The van der Waals surface area contributed by atoms with Gasteiger partial charge < -0.3 is 24.4 Å². The van der Waals surface area contributed by atoms with Crippen molar-refractivity contribution in [3.8, 4) is 0 Å². The Morgan fingerprint density at radius 2 is 2.00 bits per heavy atom. The second-order valence-electron chi connectivity index (χ2n) is 3.60. The molecule has 1 rings (SSSR count). The third kappa shape index (κ3) is 3.54. The Kier molecular flexibility index (Phi) is 7.53. The van der Waals surface area contributed by atoms with Gasteiger partial charge in [-0.3, -0.25) is 0 Å². The van der Waals surface area contributed by atoms with Gasteiger partial charge in [-0.15, -0.1) is 6.58 Å². The highest BCUT2D eigenvalue weighted by Gasteiger charge is 2.39. The van der Waals surface area contributed by atoms with E-state index < -0.39 is 0 Å². The molecule has 1 aliphatic heterocycles. The van der Waals surface area contributed by atoms with Crippen LogP contribution in [0.1, 0.15) is 6.92 Å². The Balaban J connectivity index is 0.00000225. The number of hydrogen-bond donors (Lipinski definition) is 0. The zero-order valence-corrected chi connectivity index (χ0v) is 10.1. The van der Waals surface area contributed by atoms with Gasteiger partial charge in [-0.05, 0) is 6.92 Å². The lowest BCUT2D eigenvalue weighted by Gasteiger charge is -2.39. The lowest BCUT2D eigenvalue weighted by atomic mass is 10.0. The molecule has 16 heavy (non-hydrogen) atoms. The lowest BCUT2D eigenvalue weighted by molar-refractivity contribution is -0.211. The molecule has 5 nitrogen and oxygen atoms in total. The van der Waals surface area contributed by atoms with Crippen molar-refractivity contribution in [2.45, 2.75) is 31.3 Å². The van der Waals surface area contributed by atoms with Gasteiger partial charge in [0.15, 0.2) is 0 Å². The van der Waals surface area contributed by atoms with E-state index in [0.29, 0.717) is 13.2 Å². The van der Waals surface area contributed by atoms with Crippen LogP contribution in [0.4, 0.5) is 0 Å². The zero-order chi connectivity index (χ0) is 11.3. The van der Waals surface area contributed by atoms with Crippen molar-refractivity contribution < 1.29 is 24.4 Å². The molecule has 0 bridgehead atoms. The maximum atomic E-state index is 5.66. The molecule has 0 aromatic carbocycles. The van der Waals surface area contributed by atoms with E-state index in [2.05, 4.69) is 6.58 Å². The molecular formula is C11H22O5. The fourth-order valence-corrected chi connectivity index (χ4v) is 1.82. The number of rotatable bonds is 5. The van der Waals surface area contributed by atoms with Crippen LogP contribution in [-0.2, 0) is 18.9 Å². The smallest absolute Gasteiger partial charge is 0.115 e. The largest absolute Gasteiger partial charge is 0.412 e. The van der Waals surface area contributed by atoms with Crippen molar-refractivity contribution in [1.29, 1.82) is 0 Å². The maximum absolute atomic E-state index is 5.66. The third-order valence-electron chi connectivity index (χ3n) is 2.66. The van der Waals surface area contributed by atoms with Gasteiger partial charge in [-0.1, -0.05) is 6.08 Å². The Morgan fingerprint density at radius 1 is 1.31 bits per heavy atom. The monoisotopic (exact) mass is 234 g/mol. The topological polar surface area (TPSA) is 68.4 Å². The van der Waals surface area contributed by atoms with E-state index in [4.69, 9.17) is 18.9 Å². The quantitative estimate of drug-likeness (QED) is 0.636. The molecule has 0 saturated carbocycles. The Labute approximate surface area is 96.6 Å². The van der Waals surface area contributed by atoms with E-state index in [9.17, 15) is 0 Å². The molecule has 0 aromatic heterocycles. The van der Waals surface area contributed by atoms with Crippen LogP contribution in [0.2, 0.25) is 0 Å². The summed E-state index contributed by atoms with van der Waals surface area (Å²) in [6.07, 6.45) is 1.48. The average molecular weight is 234 g/mol. The van der Waals surface area contributed by atoms with E-state index in [0.717, 1.165) is 0 Å². The first-order valence-electron chi connectivity index (χ1n) is 5.14. The normalized spacial score (nSPS) is 34.2. The van der Waals surface area contributed by atoms with Crippen molar-refractivity contribution in [3.05, 3.63) is 12.7 Å². The standard InChI is InChI=1S/C11H20O4.H2O/c1-5-6-14-11-9(12-3)7-15-8(2)10(11)13-4;/h5,8-11H,1,6-7H2,2-4H3;1H2/t8-,9-,10-,11-;/m0./s1. The molecule has 1 aliphatic rings. The van der Waals surface area contributed by atoms with Gasteiger partial charge in [0, 0.05) is 14.2 Å². The number of ether oxygens (including phenoxy) is 4. The molecule has 1 fully saturated rings. The van der Waals surface area contributed by atoms with Gasteiger partial charge in [-0.25, -0.2) is 0 Å². The van der Waals surface area contributed by atoms with Crippen molar-refractivity contribution in [1.82, 2.24) is 0 Å². The van der Waals surface area contributed by atoms with Crippen molar-refractivity contribution in [2.24, 2.45) is 0 Å². The molecule has 0 unspecified atom stereocenters. The molecule has 0 aromatic rings. The van der Waals surface area contributed by atoms with Gasteiger partial charge in [-0.2, -0.15) is 0 Å². The number of methoxy groups -OCH3 is 2.